The van der Waals surface area contributed by atoms with Crippen LogP contribution in [0.2, 0.25) is 0 Å². The van der Waals surface area contributed by atoms with Crippen molar-refractivity contribution in [1.29, 1.82) is 0 Å². The van der Waals surface area contributed by atoms with E-state index in [1.165, 1.54) is 0 Å². The maximum atomic E-state index is 11.8. The van der Waals surface area contributed by atoms with Gasteiger partial charge in [-0.2, -0.15) is 13.9 Å². The molecule has 7 N–H and O–H groups in total. The number of nitrogens with two attached hydrogens (primary N) is 2. The quantitative estimate of drug-likeness (QED) is 0.301. The second kappa shape index (κ2) is 5.20. The highest BCUT2D eigenvalue weighted by molar-refractivity contribution is 7.61. The lowest BCUT2D eigenvalue weighted by atomic mass is 10.5. The first kappa shape index (κ1) is 15.6. The van der Waals surface area contributed by atoms with Gasteiger partial charge in [0.05, 0.1) is 0 Å². The summed E-state index contributed by atoms with van der Waals surface area (Å²) in [6.07, 6.45) is 0.820. The number of hydrogen-bond donors (Lipinski definition) is 5. The highest BCUT2D eigenvalue weighted by Gasteiger charge is 2.38. The summed E-state index contributed by atoms with van der Waals surface area (Å²) in [5.74, 6) is 4.32. The summed E-state index contributed by atoms with van der Waals surface area (Å²) >= 11 is 0. The monoisotopic (exact) mass is 342 g/mol. The van der Waals surface area contributed by atoms with Crippen LogP contribution in [0.15, 0.2) is 11.1 Å². The Morgan fingerprint density at radius 3 is 2.62 bits per heavy atom. The van der Waals surface area contributed by atoms with Crippen molar-refractivity contribution in [3.05, 3.63) is 16.7 Å². The maximum absolute atomic E-state index is 11.8. The summed E-state index contributed by atoms with van der Waals surface area (Å²) in [6, 6.07) is 0. The van der Waals surface area contributed by atoms with Gasteiger partial charge in [-0.25, -0.2) is 20.0 Å². The molecule has 2 heterocycles. The molecule has 0 bridgehead atoms. The molecule has 0 aliphatic heterocycles. The molecular formula is C5H8N6O8P2. The van der Waals surface area contributed by atoms with Gasteiger partial charge in [-0.3, -0.25) is 9.78 Å². The van der Waals surface area contributed by atoms with Crippen LogP contribution in [-0.2, 0) is 18.1 Å². The van der Waals surface area contributed by atoms with Gasteiger partial charge in [0.25, 0.3) is 5.56 Å². The topological polar surface area (TPSA) is 218 Å². The fourth-order valence-electron chi connectivity index (χ4n) is 1.26. The van der Waals surface area contributed by atoms with Crippen molar-refractivity contribution in [3.8, 4) is 0 Å². The number of rotatable bonds is 5. The molecule has 116 valence electrons. The Kier molecular flexibility index (Phi) is 3.86. The van der Waals surface area contributed by atoms with Gasteiger partial charge in [0.15, 0.2) is 5.52 Å². The minimum atomic E-state index is -5.24. The number of hydrogen-bond acceptors (Lipinski definition) is 10. The van der Waals surface area contributed by atoms with Crippen molar-refractivity contribution < 1.29 is 32.5 Å². The molecule has 0 aliphatic rings. The molecule has 2 aromatic rings. The van der Waals surface area contributed by atoms with Crippen molar-refractivity contribution in [2.45, 2.75) is 0 Å². The smallest absolute Gasteiger partial charge is 0.369 e. The van der Waals surface area contributed by atoms with Gasteiger partial charge in [0, 0.05) is 0 Å². The predicted octanol–water partition coefficient (Wildman–Crippen LogP) is -1.76. The minimum Gasteiger partial charge on any atom is -0.369 e. The molecule has 0 aromatic carbocycles. The number of anilines is 1. The van der Waals surface area contributed by atoms with E-state index < -0.39 is 21.2 Å². The van der Waals surface area contributed by atoms with Gasteiger partial charge >= 0.3 is 15.6 Å². The summed E-state index contributed by atoms with van der Waals surface area (Å²) in [5, 5.41) is 0. The van der Waals surface area contributed by atoms with Crippen LogP contribution in [-0.4, -0.2) is 29.5 Å². The van der Waals surface area contributed by atoms with Crippen molar-refractivity contribution >= 4 is 32.8 Å². The van der Waals surface area contributed by atoms with E-state index in [4.69, 9.17) is 15.5 Å². The Bertz CT molecular complexity index is 822. The molecule has 21 heavy (non-hydrogen) atoms. The van der Waals surface area contributed by atoms with Gasteiger partial charge in [-0.1, -0.05) is 0 Å². The van der Waals surface area contributed by atoms with E-state index in [9.17, 15) is 13.9 Å². The molecule has 1 unspecified atom stereocenters. The zero-order valence-electron chi connectivity index (χ0n) is 9.81. The van der Waals surface area contributed by atoms with Crippen LogP contribution in [0.1, 0.15) is 0 Å². The third-order valence-electron chi connectivity index (χ3n) is 1.92. The Morgan fingerprint density at radius 1 is 1.38 bits per heavy atom. The average Bonchev–Trinajstić information content (AvgIpc) is 2.70. The number of nitrogen functional groups attached to an aromatic ring is 1. The Balaban J connectivity index is 2.46. The summed E-state index contributed by atoms with van der Waals surface area (Å²) in [7, 11) is -10.1. The summed E-state index contributed by atoms with van der Waals surface area (Å²) < 4.78 is 35.2. The van der Waals surface area contributed by atoms with Crippen LogP contribution in [0.4, 0.5) is 5.95 Å². The van der Waals surface area contributed by atoms with E-state index in [2.05, 4.69) is 34.4 Å². The standard InChI is InChI=1S/C5H8N6O8P2/c6-5-9-3-2(4(12)10-5)8-1-11(3)18-21(16,17-7)19-20(13,14)15/h1H,7H2,(H2,13,14,15)(H3,6,9,10,12). The molecule has 0 saturated heterocycles. The molecule has 1 atom stereocenters. The minimum absolute atomic E-state index is 0.246. The van der Waals surface area contributed by atoms with Crippen molar-refractivity contribution in [3.63, 3.8) is 0 Å². The molecule has 2 rings (SSSR count). The SMILES string of the molecule is NOP(=O)(On1cnc2c(=O)[nH]c(N)nc21)OP(=O)(O)O. The summed E-state index contributed by atoms with van der Waals surface area (Å²) in [5.41, 5.74) is 4.03. The van der Waals surface area contributed by atoms with Crippen molar-refractivity contribution in [2.24, 2.45) is 5.90 Å². The van der Waals surface area contributed by atoms with Crippen molar-refractivity contribution in [1.82, 2.24) is 19.7 Å². The number of nitrogens with one attached hydrogen (secondary N) is 1. The molecule has 0 saturated carbocycles. The second-order valence-corrected chi connectivity index (χ2v) is 6.30. The Morgan fingerprint density at radius 2 is 2.05 bits per heavy atom. The van der Waals surface area contributed by atoms with Crippen LogP contribution in [0, 0.1) is 0 Å². The van der Waals surface area contributed by atoms with Crippen LogP contribution in [0.3, 0.4) is 0 Å². The van der Waals surface area contributed by atoms with Crippen LogP contribution < -0.4 is 21.8 Å². The molecule has 0 fully saturated rings. The molecule has 16 heteroatoms. The molecule has 0 aliphatic carbocycles. The fraction of sp³-hybridized carbons (Fsp3) is 0. The largest absolute Gasteiger partial charge is 0.574 e. The number of imidazole rings is 1. The summed E-state index contributed by atoms with van der Waals surface area (Å²) in [4.78, 5) is 38.1. The van der Waals surface area contributed by atoms with Gasteiger partial charge in [0.2, 0.25) is 11.6 Å². The normalized spacial score (nSPS) is 15.0. The zero-order chi connectivity index (χ0) is 15.8. The first-order valence-corrected chi connectivity index (χ1v) is 7.81. The molecule has 14 nitrogen and oxygen atoms in total. The predicted molar refractivity (Wildman–Crippen MR) is 65.1 cm³/mol. The number of aromatic nitrogens is 4. The average molecular weight is 342 g/mol. The third kappa shape index (κ3) is 3.46. The zero-order valence-corrected chi connectivity index (χ0v) is 11.6. The van der Waals surface area contributed by atoms with Gasteiger partial charge in [-0.05, 0) is 0 Å². The molecule has 0 radical (unpaired) electrons. The maximum Gasteiger partial charge on any atom is 0.574 e. The van der Waals surface area contributed by atoms with E-state index in [1.807, 2.05) is 0 Å². The van der Waals surface area contributed by atoms with E-state index in [0.29, 0.717) is 4.73 Å². The lowest BCUT2D eigenvalue weighted by Gasteiger charge is -2.15. The number of fused-ring (bicyclic) bond motifs is 1. The third-order valence-corrected chi connectivity index (χ3v) is 4.20. The van der Waals surface area contributed by atoms with Crippen LogP contribution in [0.25, 0.3) is 11.2 Å². The van der Waals surface area contributed by atoms with Gasteiger partial charge in [-0.15, -0.1) is 4.73 Å². The second-order valence-electron chi connectivity index (χ2n) is 3.40. The van der Waals surface area contributed by atoms with Gasteiger partial charge in [0.1, 0.15) is 6.33 Å². The van der Waals surface area contributed by atoms with E-state index >= 15 is 0 Å². The molecule has 0 amide bonds. The van der Waals surface area contributed by atoms with Crippen LogP contribution >= 0.6 is 15.6 Å². The Hall–Kier alpha value is -1.79. The molecule has 2 aromatic heterocycles. The number of aromatic amines is 1. The Labute approximate surface area is 114 Å². The highest BCUT2D eigenvalue weighted by Crippen LogP contribution is 2.58. The van der Waals surface area contributed by atoms with Gasteiger partial charge < -0.3 is 20.1 Å². The first-order chi connectivity index (χ1) is 9.63. The van der Waals surface area contributed by atoms with Crippen LogP contribution in [0.5, 0.6) is 0 Å². The van der Waals surface area contributed by atoms with E-state index in [1.54, 1.807) is 0 Å². The number of nitrogens with zero attached hydrogens (tertiary/aromatic N) is 3. The molecular weight excluding hydrogens is 334 g/mol. The fourth-order valence-corrected chi connectivity index (χ4v) is 2.95. The number of H-pyrrole nitrogens is 1. The lowest BCUT2D eigenvalue weighted by molar-refractivity contribution is 0.133. The molecule has 0 spiro atoms. The lowest BCUT2D eigenvalue weighted by Crippen LogP contribution is -2.16. The highest BCUT2D eigenvalue weighted by atomic mass is 31.3. The summed E-state index contributed by atoms with van der Waals surface area (Å²) in [6.45, 7) is 0. The first-order valence-electron chi connectivity index (χ1n) is 4.82. The van der Waals surface area contributed by atoms with E-state index in [-0.39, 0.29) is 17.1 Å². The number of phosphoric acid groups is 2. The van der Waals surface area contributed by atoms with E-state index in [0.717, 1.165) is 6.33 Å². The van der Waals surface area contributed by atoms with Crippen molar-refractivity contribution in [2.75, 3.05) is 5.73 Å².